The summed E-state index contributed by atoms with van der Waals surface area (Å²) in [4.78, 5) is 21.9. The van der Waals surface area contributed by atoms with Crippen molar-refractivity contribution in [2.24, 2.45) is 22.9 Å². The third-order valence-corrected chi connectivity index (χ3v) is 11.5. The zero-order valence-corrected chi connectivity index (χ0v) is 32.5. The third-order valence-electron chi connectivity index (χ3n) is 11.5. The van der Waals surface area contributed by atoms with Crippen molar-refractivity contribution in [3.05, 3.63) is 96.4 Å². The van der Waals surface area contributed by atoms with Crippen LogP contribution in [-0.4, -0.2) is 85.2 Å². The molecule has 2 aliphatic carbocycles. The van der Waals surface area contributed by atoms with Crippen LogP contribution in [-0.2, 0) is 25.6 Å². The van der Waals surface area contributed by atoms with E-state index in [2.05, 4.69) is 19.2 Å². The topological polar surface area (TPSA) is 129 Å². The Labute approximate surface area is 329 Å². The summed E-state index contributed by atoms with van der Waals surface area (Å²) in [6.45, 7) is 9.09. The number of methoxy groups -OCH3 is 1. The Morgan fingerprint density at radius 2 is 1.80 bits per heavy atom. The van der Waals surface area contributed by atoms with Crippen LogP contribution < -0.4 is 9.47 Å². The fourth-order valence-corrected chi connectivity index (χ4v) is 9.02. The molecule has 7 atom stereocenters. The monoisotopic (exact) mass is 776 g/mol. The van der Waals surface area contributed by atoms with Crippen molar-refractivity contribution < 1.29 is 47.9 Å². The Hall–Kier alpha value is -4.23. The SMILES string of the molecule is C=CCOc1ccc2c(c1)C1C(CCCCO)C(CCCCO)C=C3C(=NOC4CCCCO4)CC(N(Cc4ccc(F)cc4)C(=O)OC)C(OCC=C)(O2)C31. The van der Waals surface area contributed by atoms with Crippen molar-refractivity contribution in [2.75, 3.05) is 40.1 Å². The number of hydrogen-bond donors (Lipinski definition) is 2. The molecule has 1 saturated heterocycles. The van der Waals surface area contributed by atoms with Gasteiger partial charge in [0.05, 0.1) is 32.0 Å². The quantitative estimate of drug-likeness (QED) is 0.0834. The lowest BCUT2D eigenvalue weighted by molar-refractivity contribution is -0.256. The molecule has 2 N–H and O–H groups in total. The molecule has 2 aromatic carbocycles. The van der Waals surface area contributed by atoms with Gasteiger partial charge in [-0.1, -0.05) is 54.9 Å². The summed E-state index contributed by atoms with van der Waals surface area (Å²) in [5.41, 5.74) is 3.19. The van der Waals surface area contributed by atoms with Crippen molar-refractivity contribution in [1.82, 2.24) is 4.90 Å². The molecule has 56 heavy (non-hydrogen) atoms. The molecule has 0 radical (unpaired) electrons. The molecule has 2 aromatic rings. The summed E-state index contributed by atoms with van der Waals surface area (Å²) in [5.74, 6) is -1.20. The molecular weight excluding hydrogens is 719 g/mol. The molecule has 0 bridgehead atoms. The van der Waals surface area contributed by atoms with Crippen LogP contribution in [0, 0.1) is 23.6 Å². The van der Waals surface area contributed by atoms with Gasteiger partial charge in [0.1, 0.15) is 30.0 Å². The largest absolute Gasteiger partial charge is 0.490 e. The number of carbonyl (C=O) groups is 1. The molecule has 1 amide bonds. The fraction of sp³-hybridized carbons (Fsp3) is 0.545. The summed E-state index contributed by atoms with van der Waals surface area (Å²) >= 11 is 0. The number of unbranched alkanes of at least 4 members (excludes halogenated alkanes) is 2. The van der Waals surface area contributed by atoms with E-state index in [9.17, 15) is 19.4 Å². The van der Waals surface area contributed by atoms with Gasteiger partial charge in [-0.15, -0.1) is 6.58 Å². The number of amides is 1. The summed E-state index contributed by atoms with van der Waals surface area (Å²) < 4.78 is 45.8. The summed E-state index contributed by atoms with van der Waals surface area (Å²) in [6.07, 6.45) is 11.9. The second-order valence-corrected chi connectivity index (χ2v) is 15.0. The molecule has 6 rings (SSSR count). The van der Waals surface area contributed by atoms with E-state index in [-0.39, 0.29) is 56.4 Å². The number of benzene rings is 2. The molecule has 2 heterocycles. The van der Waals surface area contributed by atoms with E-state index in [4.69, 9.17) is 33.7 Å². The molecule has 4 aliphatic rings. The number of oxime groups is 1. The average molecular weight is 777 g/mol. The van der Waals surface area contributed by atoms with Crippen LogP contribution in [0.4, 0.5) is 9.18 Å². The van der Waals surface area contributed by atoms with Crippen LogP contribution in [0.3, 0.4) is 0 Å². The van der Waals surface area contributed by atoms with Crippen LogP contribution in [0.5, 0.6) is 11.5 Å². The van der Waals surface area contributed by atoms with Crippen LogP contribution >= 0.6 is 0 Å². The van der Waals surface area contributed by atoms with Crippen LogP contribution in [0.1, 0.15) is 81.3 Å². The van der Waals surface area contributed by atoms with Crippen LogP contribution in [0.15, 0.2) is 84.6 Å². The minimum atomic E-state index is -1.47. The van der Waals surface area contributed by atoms with Crippen molar-refractivity contribution in [3.8, 4) is 11.5 Å². The molecule has 11 nitrogen and oxygen atoms in total. The lowest BCUT2D eigenvalue weighted by atomic mass is 9.55. The number of carbonyl (C=O) groups excluding carboxylic acids is 1. The first-order valence-corrected chi connectivity index (χ1v) is 20.1. The van der Waals surface area contributed by atoms with Crippen LogP contribution in [0.2, 0.25) is 0 Å². The minimum absolute atomic E-state index is 0.0456. The van der Waals surface area contributed by atoms with Crippen LogP contribution in [0.25, 0.3) is 0 Å². The van der Waals surface area contributed by atoms with Gasteiger partial charge in [-0.3, -0.25) is 4.90 Å². The van der Waals surface area contributed by atoms with Gasteiger partial charge in [0.15, 0.2) is 0 Å². The number of halogens is 1. The van der Waals surface area contributed by atoms with E-state index in [0.29, 0.717) is 55.3 Å². The number of nitrogens with zero attached hydrogens (tertiary/aromatic N) is 2. The average Bonchev–Trinajstić information content (AvgIpc) is 3.22. The molecule has 304 valence electrons. The predicted octanol–water partition coefficient (Wildman–Crippen LogP) is 7.82. The molecule has 1 saturated carbocycles. The van der Waals surface area contributed by atoms with Gasteiger partial charge in [0.2, 0.25) is 12.1 Å². The van der Waals surface area contributed by atoms with Gasteiger partial charge in [0.25, 0.3) is 0 Å². The number of hydrogen-bond acceptors (Lipinski definition) is 10. The number of aliphatic hydroxyl groups is 2. The molecule has 2 aliphatic heterocycles. The maximum absolute atomic E-state index is 14.1. The highest BCUT2D eigenvalue weighted by Crippen LogP contribution is 2.62. The zero-order chi connectivity index (χ0) is 39.5. The van der Waals surface area contributed by atoms with Crippen molar-refractivity contribution in [3.63, 3.8) is 0 Å². The zero-order valence-electron chi connectivity index (χ0n) is 32.5. The second-order valence-electron chi connectivity index (χ2n) is 15.0. The van der Waals surface area contributed by atoms with E-state index in [0.717, 1.165) is 49.7 Å². The first-order valence-electron chi connectivity index (χ1n) is 20.1. The van der Waals surface area contributed by atoms with E-state index in [1.165, 1.54) is 19.2 Å². The van der Waals surface area contributed by atoms with E-state index in [1.54, 1.807) is 29.2 Å². The van der Waals surface area contributed by atoms with Crippen molar-refractivity contribution >= 4 is 11.8 Å². The number of fused-ring (bicyclic) bond motifs is 2. The fourth-order valence-electron chi connectivity index (χ4n) is 9.02. The van der Waals surface area contributed by atoms with Gasteiger partial charge >= 0.3 is 6.09 Å². The molecule has 12 heteroatoms. The Balaban J connectivity index is 1.59. The number of ether oxygens (including phenoxy) is 5. The highest BCUT2D eigenvalue weighted by atomic mass is 19.1. The molecule has 2 fully saturated rings. The summed E-state index contributed by atoms with van der Waals surface area (Å²) in [5, 5.41) is 24.6. The highest BCUT2D eigenvalue weighted by molar-refractivity contribution is 6.03. The first-order chi connectivity index (χ1) is 27.4. The van der Waals surface area contributed by atoms with E-state index >= 15 is 0 Å². The van der Waals surface area contributed by atoms with Gasteiger partial charge in [-0.2, -0.15) is 0 Å². The van der Waals surface area contributed by atoms with E-state index in [1.807, 2.05) is 18.2 Å². The minimum Gasteiger partial charge on any atom is -0.490 e. The Morgan fingerprint density at radius 1 is 1.04 bits per heavy atom. The van der Waals surface area contributed by atoms with E-state index < -0.39 is 30.1 Å². The highest BCUT2D eigenvalue weighted by Gasteiger charge is 2.65. The normalized spacial score (nSPS) is 27.2. The van der Waals surface area contributed by atoms with Gasteiger partial charge in [-0.25, -0.2) is 9.18 Å². The maximum Gasteiger partial charge on any atom is 0.410 e. The molecule has 0 spiro atoms. The lowest BCUT2D eigenvalue weighted by Gasteiger charge is -2.59. The van der Waals surface area contributed by atoms with Gasteiger partial charge in [-0.05, 0) is 91.8 Å². The molecule has 0 aromatic heterocycles. The number of rotatable bonds is 19. The molecule has 7 unspecified atom stereocenters. The lowest BCUT2D eigenvalue weighted by Crippen LogP contribution is -2.70. The van der Waals surface area contributed by atoms with Gasteiger partial charge in [0, 0.05) is 44.1 Å². The standard InChI is InChI=1S/C44H57FN2O9/c1-4-23-52-33-19-20-38-36(27-33)41-34(13-7-10-22-49)31(12-6-9-21-48)26-35-37(46-56-40-14-8-11-25-53-40)28-39(44(55-38,42(35)41)54-24-5-2)47(43(50)51-3)29-30-15-17-32(45)18-16-30/h4-5,15-20,26-27,31,34,39-42,48-49H,1-2,6-14,21-25,28-29H2,3H3. The smallest absolute Gasteiger partial charge is 0.410 e. The maximum atomic E-state index is 14.1. The summed E-state index contributed by atoms with van der Waals surface area (Å²) in [6, 6.07) is 11.0. The van der Waals surface area contributed by atoms with Crippen molar-refractivity contribution in [2.45, 2.75) is 94.8 Å². The van der Waals surface area contributed by atoms with Gasteiger partial charge < -0.3 is 38.7 Å². The third kappa shape index (κ3) is 9.15. The molecular formula is C44H57FN2O9. The Morgan fingerprint density at radius 3 is 2.50 bits per heavy atom. The first kappa shape index (κ1) is 41.4. The van der Waals surface area contributed by atoms with Crippen molar-refractivity contribution in [1.29, 1.82) is 0 Å². The number of aliphatic hydroxyl groups excluding tert-OH is 2. The Kier molecular flexibility index (Phi) is 14.6. The second kappa shape index (κ2) is 19.8. The summed E-state index contributed by atoms with van der Waals surface area (Å²) in [7, 11) is 1.34. The predicted molar refractivity (Wildman–Crippen MR) is 210 cm³/mol. The number of allylic oxidation sites excluding steroid dienone is 1. The Bertz CT molecular complexity index is 1690.